The number of carbonyl (C=O) groups is 1. The van der Waals surface area contributed by atoms with Gasteiger partial charge in [-0.15, -0.1) is 4.31 Å². The maximum absolute atomic E-state index is 12.0. The molecule has 0 amide bonds. The molecule has 86 valence electrons. The number of aliphatic carboxylic acids is 1. The van der Waals surface area contributed by atoms with Crippen molar-refractivity contribution in [2.24, 2.45) is 5.92 Å². The maximum atomic E-state index is 12.0. The topological polar surface area (TPSA) is 66.2 Å². The molecule has 4 atom stereocenters. The zero-order valence-corrected chi connectivity index (χ0v) is 11.0. The van der Waals surface area contributed by atoms with Crippen LogP contribution in [0.2, 0.25) is 0 Å². The van der Waals surface area contributed by atoms with Crippen molar-refractivity contribution in [2.45, 2.75) is 50.4 Å². The predicted octanol–water partition coefficient (Wildman–Crippen LogP) is -3.33. The van der Waals surface area contributed by atoms with Gasteiger partial charge in [0.1, 0.15) is 10.8 Å². The number of carboxylic acids is 1. The second-order valence-corrected chi connectivity index (χ2v) is 7.46. The van der Waals surface area contributed by atoms with Gasteiger partial charge in [-0.1, -0.05) is 0 Å². The second-order valence-electron chi connectivity index (χ2n) is 5.31. The van der Waals surface area contributed by atoms with Gasteiger partial charge in [0.2, 0.25) is 0 Å². The van der Waals surface area contributed by atoms with Crippen molar-refractivity contribution in [3.8, 4) is 0 Å². The molecule has 4 nitrogen and oxygen atoms in total. The van der Waals surface area contributed by atoms with Gasteiger partial charge in [0.05, 0.1) is 12.0 Å². The van der Waals surface area contributed by atoms with Crippen LogP contribution in [0.1, 0.15) is 33.6 Å². The summed E-state index contributed by atoms with van der Waals surface area (Å²) in [6.07, 6.45) is 2.12. The first kappa shape index (κ1) is 14.4. The summed E-state index contributed by atoms with van der Waals surface area (Å²) in [4.78, 5) is 10.9. The molecular formula is C10H16LiNO3S. The Kier molecular flexibility index (Phi) is 4.09. The number of nitrogens with zero attached hydrogens (tertiary/aromatic N) is 1. The molecule has 0 aromatic carbocycles. The minimum absolute atomic E-state index is 0. The predicted molar refractivity (Wildman–Crippen MR) is 55.0 cm³/mol. The Morgan fingerprint density at radius 2 is 1.88 bits per heavy atom. The van der Waals surface area contributed by atoms with Crippen molar-refractivity contribution in [2.75, 3.05) is 0 Å². The summed E-state index contributed by atoms with van der Waals surface area (Å²) >= 11 is -1.23. The molecule has 0 bridgehead atoms. The van der Waals surface area contributed by atoms with Gasteiger partial charge in [0.25, 0.3) is 0 Å². The fourth-order valence-electron chi connectivity index (χ4n) is 1.91. The summed E-state index contributed by atoms with van der Waals surface area (Å²) in [5, 5.41) is 10.9. The molecule has 2 aliphatic rings. The monoisotopic (exact) mass is 237 g/mol. The van der Waals surface area contributed by atoms with Crippen LogP contribution in [0, 0.1) is 5.92 Å². The molecule has 0 N–H and O–H groups in total. The zero-order valence-electron chi connectivity index (χ0n) is 10.2. The van der Waals surface area contributed by atoms with E-state index in [0.717, 1.165) is 12.8 Å². The molecule has 16 heavy (non-hydrogen) atoms. The Hall–Kier alpha value is 0.337. The minimum Gasteiger partial charge on any atom is -0.597 e. The van der Waals surface area contributed by atoms with Crippen molar-refractivity contribution in [3.63, 3.8) is 0 Å². The van der Waals surface area contributed by atoms with Gasteiger partial charge in [0, 0.05) is 11.4 Å². The Morgan fingerprint density at radius 3 is 2.19 bits per heavy atom. The van der Waals surface area contributed by atoms with Gasteiger partial charge in [-0.25, -0.2) is 0 Å². The van der Waals surface area contributed by atoms with E-state index in [9.17, 15) is 14.5 Å². The van der Waals surface area contributed by atoms with E-state index in [-0.39, 0.29) is 24.9 Å². The molecule has 1 heterocycles. The van der Waals surface area contributed by atoms with Crippen molar-refractivity contribution < 1.29 is 33.3 Å². The van der Waals surface area contributed by atoms with Crippen LogP contribution in [-0.2, 0) is 16.2 Å². The molecule has 1 aliphatic heterocycles. The molecule has 0 spiro atoms. The van der Waals surface area contributed by atoms with Crippen molar-refractivity contribution in [1.82, 2.24) is 4.31 Å². The van der Waals surface area contributed by atoms with Gasteiger partial charge in [-0.3, -0.25) is 0 Å². The molecule has 1 saturated carbocycles. The molecule has 0 radical (unpaired) electrons. The third-order valence-electron chi connectivity index (χ3n) is 2.86. The van der Waals surface area contributed by atoms with E-state index in [1.165, 1.54) is 0 Å². The summed E-state index contributed by atoms with van der Waals surface area (Å²) in [6, 6.07) is -0.646. The fourth-order valence-corrected chi connectivity index (χ4v) is 3.41. The van der Waals surface area contributed by atoms with Crippen molar-refractivity contribution in [1.29, 1.82) is 0 Å². The van der Waals surface area contributed by atoms with Crippen LogP contribution in [0.4, 0.5) is 0 Å². The van der Waals surface area contributed by atoms with E-state index in [2.05, 4.69) is 0 Å². The molecule has 2 unspecified atom stereocenters. The Labute approximate surface area is 111 Å². The van der Waals surface area contributed by atoms with Gasteiger partial charge in [-0.05, 0) is 39.5 Å². The smallest absolute Gasteiger partial charge is 0.597 e. The molecule has 1 aliphatic carbocycles. The third kappa shape index (κ3) is 2.60. The molecule has 1 saturated heterocycles. The molecule has 0 aromatic heterocycles. The molecule has 2 fully saturated rings. The first-order chi connectivity index (χ1) is 6.84. The van der Waals surface area contributed by atoms with E-state index in [4.69, 9.17) is 0 Å². The van der Waals surface area contributed by atoms with Crippen LogP contribution in [-0.4, -0.2) is 31.7 Å². The van der Waals surface area contributed by atoms with Crippen LogP contribution in [0.25, 0.3) is 0 Å². The first-order valence-electron chi connectivity index (χ1n) is 5.25. The van der Waals surface area contributed by atoms with Crippen molar-refractivity contribution >= 4 is 17.3 Å². The van der Waals surface area contributed by atoms with Gasteiger partial charge < -0.3 is 14.5 Å². The van der Waals surface area contributed by atoms with Crippen LogP contribution in [0.15, 0.2) is 0 Å². The Bertz CT molecular complexity index is 290. The third-order valence-corrected chi connectivity index (χ3v) is 4.76. The van der Waals surface area contributed by atoms with E-state index in [0.29, 0.717) is 5.92 Å². The van der Waals surface area contributed by atoms with Gasteiger partial charge in [-0.2, -0.15) is 0 Å². The summed E-state index contributed by atoms with van der Waals surface area (Å²) in [6.45, 7) is 5.58. The summed E-state index contributed by atoms with van der Waals surface area (Å²) in [7, 11) is 0. The molecule has 6 heteroatoms. The van der Waals surface area contributed by atoms with E-state index in [1.807, 2.05) is 20.8 Å². The number of carboxylic acid groups (broad SMARTS) is 1. The fraction of sp³-hybridized carbons (Fsp3) is 0.900. The van der Waals surface area contributed by atoms with E-state index >= 15 is 0 Å². The standard InChI is InChI=1S/C10H17NO3S.Li/c1-10(2,3)15(14)11-7(6-4-5-6)8(11)9(12)13;/h6-8H,4-5H2,1-3H3,(H,12,13);/q;+1/p-1/t7-,8-,11?,15?;/m1./s1. The largest absolute Gasteiger partial charge is 1.00 e. The Balaban J connectivity index is 0.00000128. The minimum atomic E-state index is -1.23. The summed E-state index contributed by atoms with van der Waals surface area (Å²) in [5.41, 5.74) is 0. The number of rotatable bonds is 3. The first-order valence-corrected chi connectivity index (χ1v) is 6.36. The van der Waals surface area contributed by atoms with Gasteiger partial charge >= 0.3 is 18.9 Å². The van der Waals surface area contributed by atoms with Crippen LogP contribution in [0.5, 0.6) is 0 Å². The average Bonchev–Trinajstić information content (AvgIpc) is 2.94. The quantitative estimate of drug-likeness (QED) is 0.292. The van der Waals surface area contributed by atoms with Crippen molar-refractivity contribution in [3.05, 3.63) is 0 Å². The molecule has 2 rings (SSSR count). The molecular weight excluding hydrogens is 221 g/mol. The van der Waals surface area contributed by atoms with Crippen LogP contribution < -0.4 is 24.0 Å². The number of carbonyl (C=O) groups excluding carboxylic acids is 1. The Morgan fingerprint density at radius 1 is 1.38 bits per heavy atom. The van der Waals surface area contributed by atoms with E-state index in [1.54, 1.807) is 4.31 Å². The summed E-state index contributed by atoms with van der Waals surface area (Å²) < 4.78 is 13.2. The second kappa shape index (κ2) is 4.55. The normalized spacial score (nSPS) is 35.1. The SMILES string of the molecule is CC(C)(C)[S+]([O-])N1[C@H](C2CC2)[C@@H]1C(=O)[O-].[Li+]. The van der Waals surface area contributed by atoms with Crippen LogP contribution >= 0.6 is 0 Å². The zero-order chi connectivity index (χ0) is 11.4. The van der Waals surface area contributed by atoms with E-state index < -0.39 is 28.1 Å². The van der Waals surface area contributed by atoms with Gasteiger partial charge in [0.15, 0.2) is 0 Å². The number of hydrogen-bond acceptors (Lipinski definition) is 4. The maximum Gasteiger partial charge on any atom is 1.00 e. The summed E-state index contributed by atoms with van der Waals surface area (Å²) in [5.74, 6) is -0.649. The molecule has 0 aromatic rings. The number of hydrogen-bond donors (Lipinski definition) is 0. The van der Waals surface area contributed by atoms with Crippen LogP contribution in [0.3, 0.4) is 0 Å². The average molecular weight is 237 g/mol.